The molecule has 0 heterocycles. The van der Waals surface area contributed by atoms with Gasteiger partial charge in [-0.05, 0) is 26.8 Å². The zero-order valence-corrected chi connectivity index (χ0v) is 13.6. The Balaban J connectivity index is 2.45. The maximum atomic E-state index is 11.7. The van der Waals surface area contributed by atoms with E-state index in [1.165, 1.54) is 0 Å². The fourth-order valence-electron chi connectivity index (χ4n) is 2.00. The minimum atomic E-state index is -0.187. The lowest BCUT2D eigenvalue weighted by Crippen LogP contribution is -2.41. The molecule has 2 N–H and O–H groups in total. The summed E-state index contributed by atoms with van der Waals surface area (Å²) in [7, 11) is 3.24. The van der Waals surface area contributed by atoms with E-state index in [-0.39, 0.29) is 11.4 Å². The molecule has 5 nitrogen and oxygen atoms in total. The second-order valence-corrected chi connectivity index (χ2v) is 5.88. The van der Waals surface area contributed by atoms with E-state index in [1.54, 1.807) is 14.2 Å². The highest BCUT2D eigenvalue weighted by molar-refractivity contribution is 5.76. The number of carbonyl (C=O) groups excluding carboxylic acids is 1. The number of benzene rings is 1. The van der Waals surface area contributed by atoms with E-state index >= 15 is 0 Å². The van der Waals surface area contributed by atoms with Crippen LogP contribution in [0.3, 0.4) is 0 Å². The molecule has 0 saturated carbocycles. The molecule has 0 radical (unpaired) electrons. The van der Waals surface area contributed by atoms with Gasteiger partial charge in [0.1, 0.15) is 0 Å². The molecule has 0 atom stereocenters. The first-order valence-corrected chi connectivity index (χ1v) is 7.09. The van der Waals surface area contributed by atoms with Crippen LogP contribution in [-0.4, -0.2) is 32.2 Å². The standard InChI is InChI=1S/C16H26N2O3/c1-16(2,3)18-14(19)9-10-17-11-12-7-6-8-13(20-4)15(12)21-5/h6-8,17H,9-11H2,1-5H3,(H,18,19). The van der Waals surface area contributed by atoms with Crippen molar-refractivity contribution in [2.24, 2.45) is 0 Å². The van der Waals surface area contributed by atoms with E-state index in [0.29, 0.717) is 25.3 Å². The number of hydrogen-bond acceptors (Lipinski definition) is 4. The number of rotatable bonds is 7. The molecule has 0 aromatic heterocycles. The van der Waals surface area contributed by atoms with Gasteiger partial charge in [0.15, 0.2) is 11.5 Å². The molecule has 0 saturated heterocycles. The van der Waals surface area contributed by atoms with Crippen LogP contribution in [0.4, 0.5) is 0 Å². The average molecular weight is 294 g/mol. The van der Waals surface area contributed by atoms with Gasteiger partial charge in [0.05, 0.1) is 14.2 Å². The highest BCUT2D eigenvalue weighted by Crippen LogP contribution is 2.30. The lowest BCUT2D eigenvalue weighted by atomic mass is 10.1. The lowest BCUT2D eigenvalue weighted by molar-refractivity contribution is -0.122. The topological polar surface area (TPSA) is 59.6 Å². The number of nitrogens with one attached hydrogen (secondary N) is 2. The summed E-state index contributed by atoms with van der Waals surface area (Å²) in [5.74, 6) is 1.49. The van der Waals surface area contributed by atoms with E-state index in [1.807, 2.05) is 39.0 Å². The van der Waals surface area contributed by atoms with E-state index in [4.69, 9.17) is 9.47 Å². The number of para-hydroxylation sites is 1. The summed E-state index contributed by atoms with van der Waals surface area (Å²) < 4.78 is 10.6. The highest BCUT2D eigenvalue weighted by Gasteiger charge is 2.13. The van der Waals surface area contributed by atoms with Crippen molar-refractivity contribution in [3.8, 4) is 11.5 Å². The Morgan fingerprint density at radius 2 is 1.90 bits per heavy atom. The van der Waals surface area contributed by atoms with Crippen molar-refractivity contribution in [2.75, 3.05) is 20.8 Å². The molecule has 1 amide bonds. The van der Waals surface area contributed by atoms with Crippen molar-refractivity contribution < 1.29 is 14.3 Å². The number of hydrogen-bond donors (Lipinski definition) is 2. The minimum absolute atomic E-state index is 0.0487. The van der Waals surface area contributed by atoms with Crippen LogP contribution in [0.15, 0.2) is 18.2 Å². The summed E-state index contributed by atoms with van der Waals surface area (Å²) in [5, 5.41) is 6.18. The largest absolute Gasteiger partial charge is 0.493 e. The van der Waals surface area contributed by atoms with Gasteiger partial charge >= 0.3 is 0 Å². The Morgan fingerprint density at radius 3 is 2.48 bits per heavy atom. The first-order chi connectivity index (χ1) is 9.87. The third-order valence-corrected chi connectivity index (χ3v) is 2.84. The van der Waals surface area contributed by atoms with Crippen LogP contribution < -0.4 is 20.1 Å². The fraction of sp³-hybridized carbons (Fsp3) is 0.562. The molecule has 0 fully saturated rings. The summed E-state index contributed by atoms with van der Waals surface area (Å²) in [4.78, 5) is 11.7. The van der Waals surface area contributed by atoms with Gasteiger partial charge in [-0.2, -0.15) is 0 Å². The number of carbonyl (C=O) groups is 1. The SMILES string of the molecule is COc1cccc(CNCCC(=O)NC(C)(C)C)c1OC. The molecule has 0 aliphatic carbocycles. The molecule has 1 aromatic rings. The molecule has 0 aliphatic heterocycles. The second kappa shape index (κ2) is 7.88. The Bertz CT molecular complexity index is 467. The van der Waals surface area contributed by atoms with Crippen LogP contribution in [0, 0.1) is 0 Å². The van der Waals surface area contributed by atoms with Crippen molar-refractivity contribution in [1.82, 2.24) is 10.6 Å². The van der Waals surface area contributed by atoms with Gasteiger partial charge in [-0.15, -0.1) is 0 Å². The Hall–Kier alpha value is -1.75. The average Bonchev–Trinajstić information content (AvgIpc) is 2.41. The summed E-state index contributed by atoms with van der Waals surface area (Å²) in [6, 6.07) is 5.76. The minimum Gasteiger partial charge on any atom is -0.493 e. The van der Waals surface area contributed by atoms with Crippen LogP contribution in [0.25, 0.3) is 0 Å². The van der Waals surface area contributed by atoms with Gasteiger partial charge in [0, 0.05) is 30.6 Å². The van der Waals surface area contributed by atoms with Gasteiger partial charge in [-0.3, -0.25) is 4.79 Å². The molecule has 118 valence electrons. The molecule has 1 aromatic carbocycles. The predicted octanol–water partition coefficient (Wildman–Crippen LogP) is 2.10. The zero-order chi connectivity index (χ0) is 15.9. The van der Waals surface area contributed by atoms with E-state index in [0.717, 1.165) is 11.3 Å². The van der Waals surface area contributed by atoms with E-state index in [2.05, 4.69) is 10.6 Å². The van der Waals surface area contributed by atoms with E-state index < -0.39 is 0 Å². The molecule has 5 heteroatoms. The van der Waals surface area contributed by atoms with Crippen LogP contribution in [0.2, 0.25) is 0 Å². The molecule has 0 bridgehead atoms. The van der Waals surface area contributed by atoms with Crippen LogP contribution in [0.5, 0.6) is 11.5 Å². The fourth-order valence-corrected chi connectivity index (χ4v) is 2.00. The quantitative estimate of drug-likeness (QED) is 0.756. The monoisotopic (exact) mass is 294 g/mol. The molecule has 0 spiro atoms. The first kappa shape index (κ1) is 17.3. The lowest BCUT2D eigenvalue weighted by Gasteiger charge is -2.20. The molecular weight excluding hydrogens is 268 g/mol. The number of amides is 1. The van der Waals surface area contributed by atoms with Gasteiger partial charge in [0.25, 0.3) is 0 Å². The maximum absolute atomic E-state index is 11.7. The molecule has 0 aliphatic rings. The summed E-state index contributed by atoms with van der Waals surface area (Å²) in [6.45, 7) is 7.16. The van der Waals surface area contributed by atoms with Crippen LogP contribution >= 0.6 is 0 Å². The zero-order valence-electron chi connectivity index (χ0n) is 13.6. The van der Waals surface area contributed by atoms with Gasteiger partial charge in [-0.1, -0.05) is 12.1 Å². The molecular formula is C16H26N2O3. The van der Waals surface area contributed by atoms with Crippen LogP contribution in [-0.2, 0) is 11.3 Å². The third-order valence-electron chi connectivity index (χ3n) is 2.84. The van der Waals surface area contributed by atoms with Crippen molar-refractivity contribution in [2.45, 2.75) is 39.3 Å². The Labute approximate surface area is 127 Å². The second-order valence-electron chi connectivity index (χ2n) is 5.88. The normalized spacial score (nSPS) is 11.1. The first-order valence-electron chi connectivity index (χ1n) is 7.09. The van der Waals surface area contributed by atoms with Crippen molar-refractivity contribution in [3.05, 3.63) is 23.8 Å². The van der Waals surface area contributed by atoms with E-state index in [9.17, 15) is 4.79 Å². The Kier molecular flexibility index (Phi) is 6.49. The maximum Gasteiger partial charge on any atom is 0.221 e. The summed E-state index contributed by atoms with van der Waals surface area (Å²) >= 11 is 0. The summed E-state index contributed by atoms with van der Waals surface area (Å²) in [6.07, 6.45) is 0.448. The van der Waals surface area contributed by atoms with Gasteiger partial charge < -0.3 is 20.1 Å². The number of methoxy groups -OCH3 is 2. The molecule has 0 unspecified atom stereocenters. The Morgan fingerprint density at radius 1 is 1.19 bits per heavy atom. The highest BCUT2D eigenvalue weighted by atomic mass is 16.5. The van der Waals surface area contributed by atoms with Crippen molar-refractivity contribution in [3.63, 3.8) is 0 Å². The van der Waals surface area contributed by atoms with Gasteiger partial charge in [0.2, 0.25) is 5.91 Å². The molecule has 21 heavy (non-hydrogen) atoms. The number of ether oxygens (including phenoxy) is 2. The summed E-state index contributed by atoms with van der Waals surface area (Å²) in [5.41, 5.74) is 0.820. The van der Waals surface area contributed by atoms with Crippen LogP contribution in [0.1, 0.15) is 32.8 Å². The van der Waals surface area contributed by atoms with Crippen molar-refractivity contribution in [1.29, 1.82) is 0 Å². The third kappa shape index (κ3) is 6.04. The molecule has 1 rings (SSSR count). The van der Waals surface area contributed by atoms with Crippen molar-refractivity contribution >= 4 is 5.91 Å². The van der Waals surface area contributed by atoms with Gasteiger partial charge in [-0.25, -0.2) is 0 Å². The predicted molar refractivity (Wildman–Crippen MR) is 83.8 cm³/mol. The smallest absolute Gasteiger partial charge is 0.221 e.